The summed E-state index contributed by atoms with van der Waals surface area (Å²) in [6.07, 6.45) is -1.29. The standard InChI is InChI=1S/C29H31NO7/c1-18-10-9-13-21(16-18)22-17-24(36-23(22)14-7-8-15-31)25(32)27(35-3)28(33)30-19(2)26(37-29(30)34)20-11-5-4-6-12-20/h4-6,9-13,16-17,19,26-27,31H,7-8,14-15H2,1-3H3. The van der Waals surface area contributed by atoms with Crippen LogP contribution in [0, 0.1) is 6.92 Å². The van der Waals surface area contributed by atoms with E-state index >= 15 is 0 Å². The quantitative estimate of drug-likeness (QED) is 0.238. The molecule has 3 unspecified atom stereocenters. The molecule has 2 aromatic carbocycles. The molecule has 37 heavy (non-hydrogen) atoms. The van der Waals surface area contributed by atoms with Crippen molar-refractivity contribution in [1.82, 2.24) is 4.90 Å². The fourth-order valence-electron chi connectivity index (χ4n) is 4.61. The third kappa shape index (κ3) is 5.50. The molecule has 0 saturated carbocycles. The monoisotopic (exact) mass is 505 g/mol. The largest absolute Gasteiger partial charge is 0.457 e. The highest BCUT2D eigenvalue weighted by atomic mass is 16.6. The first-order valence-electron chi connectivity index (χ1n) is 12.3. The van der Waals surface area contributed by atoms with E-state index in [1.807, 2.05) is 61.5 Å². The molecule has 2 heterocycles. The molecular weight excluding hydrogens is 474 g/mol. The number of ether oxygens (including phenoxy) is 2. The number of aryl methyl sites for hydroxylation is 2. The van der Waals surface area contributed by atoms with Crippen molar-refractivity contribution in [3.05, 3.63) is 83.3 Å². The molecule has 194 valence electrons. The number of benzene rings is 2. The van der Waals surface area contributed by atoms with Crippen LogP contribution in [-0.2, 0) is 20.7 Å². The summed E-state index contributed by atoms with van der Waals surface area (Å²) in [4.78, 5) is 40.5. The number of rotatable bonds is 10. The maximum Gasteiger partial charge on any atom is 0.417 e. The van der Waals surface area contributed by atoms with Gasteiger partial charge in [0.2, 0.25) is 11.9 Å². The Hall–Kier alpha value is -3.75. The smallest absolute Gasteiger partial charge is 0.417 e. The second-order valence-corrected chi connectivity index (χ2v) is 9.14. The zero-order valence-corrected chi connectivity index (χ0v) is 21.2. The van der Waals surface area contributed by atoms with Gasteiger partial charge in [0.25, 0.3) is 5.91 Å². The van der Waals surface area contributed by atoms with Crippen molar-refractivity contribution in [3.63, 3.8) is 0 Å². The van der Waals surface area contributed by atoms with Gasteiger partial charge in [-0.2, -0.15) is 0 Å². The summed E-state index contributed by atoms with van der Waals surface area (Å²) in [7, 11) is 1.24. The number of furan rings is 1. The molecule has 1 fully saturated rings. The van der Waals surface area contributed by atoms with E-state index < -0.39 is 36.0 Å². The number of ketones is 1. The average Bonchev–Trinajstić information content (AvgIpc) is 3.45. The third-order valence-corrected chi connectivity index (χ3v) is 6.53. The lowest BCUT2D eigenvalue weighted by Crippen LogP contribution is -2.47. The van der Waals surface area contributed by atoms with Gasteiger partial charge in [0.1, 0.15) is 11.9 Å². The highest BCUT2D eigenvalue weighted by Gasteiger charge is 2.47. The number of Topliss-reactive ketones (excluding diaryl/α,β-unsaturated/α-hetero) is 1. The average molecular weight is 506 g/mol. The van der Waals surface area contributed by atoms with E-state index in [0.717, 1.165) is 27.2 Å². The van der Waals surface area contributed by atoms with Crippen LogP contribution in [-0.4, -0.2) is 53.7 Å². The predicted octanol–water partition coefficient (Wildman–Crippen LogP) is 4.88. The molecule has 1 N–H and O–H groups in total. The number of carbonyl (C=O) groups is 3. The van der Waals surface area contributed by atoms with E-state index in [0.29, 0.717) is 25.0 Å². The van der Waals surface area contributed by atoms with Crippen molar-refractivity contribution in [2.75, 3.05) is 13.7 Å². The number of hydrogen-bond acceptors (Lipinski definition) is 7. The van der Waals surface area contributed by atoms with Gasteiger partial charge in [-0.05, 0) is 43.9 Å². The fraction of sp³-hybridized carbons (Fsp3) is 0.345. The summed E-state index contributed by atoms with van der Waals surface area (Å²) in [5, 5.41) is 9.18. The van der Waals surface area contributed by atoms with E-state index in [2.05, 4.69) is 0 Å². The number of nitrogens with zero attached hydrogens (tertiary/aromatic N) is 1. The van der Waals surface area contributed by atoms with Gasteiger partial charge in [-0.1, -0.05) is 60.2 Å². The minimum absolute atomic E-state index is 0.0319. The zero-order chi connectivity index (χ0) is 26.5. The zero-order valence-electron chi connectivity index (χ0n) is 21.2. The molecule has 3 atom stereocenters. The first kappa shape index (κ1) is 26.3. The molecule has 8 heteroatoms. The van der Waals surface area contributed by atoms with Crippen LogP contribution in [0.5, 0.6) is 0 Å². The van der Waals surface area contributed by atoms with E-state index in [1.54, 1.807) is 13.0 Å². The second kappa shape index (κ2) is 11.5. The molecule has 0 spiro atoms. The van der Waals surface area contributed by atoms with Crippen molar-refractivity contribution in [2.45, 2.75) is 51.4 Å². The van der Waals surface area contributed by atoms with Crippen molar-refractivity contribution >= 4 is 17.8 Å². The lowest BCUT2D eigenvalue weighted by molar-refractivity contribution is -0.137. The molecule has 0 radical (unpaired) electrons. The molecule has 8 nitrogen and oxygen atoms in total. The number of unbranched alkanes of at least 4 members (excludes halogenated alkanes) is 1. The summed E-state index contributed by atoms with van der Waals surface area (Å²) in [6, 6.07) is 17.9. The molecule has 2 amide bonds. The van der Waals surface area contributed by atoms with E-state index in [-0.39, 0.29) is 12.4 Å². The molecule has 1 saturated heterocycles. The number of carbonyl (C=O) groups excluding carboxylic acids is 3. The van der Waals surface area contributed by atoms with Crippen LogP contribution in [0.15, 0.2) is 65.1 Å². The molecule has 1 aliphatic rings. The Kier molecular flexibility index (Phi) is 8.21. The van der Waals surface area contributed by atoms with Crippen LogP contribution >= 0.6 is 0 Å². The molecule has 1 aromatic heterocycles. The topological polar surface area (TPSA) is 106 Å². The van der Waals surface area contributed by atoms with E-state index in [9.17, 15) is 19.5 Å². The van der Waals surface area contributed by atoms with Gasteiger partial charge in [-0.15, -0.1) is 0 Å². The SMILES string of the molecule is COC(C(=O)c1cc(-c2cccc(C)c2)c(CCCCO)o1)C(=O)N1C(=O)OC(c2ccccc2)C1C. The Morgan fingerprint density at radius 3 is 2.51 bits per heavy atom. The van der Waals surface area contributed by atoms with Gasteiger partial charge in [0.15, 0.2) is 5.76 Å². The van der Waals surface area contributed by atoms with Crippen molar-refractivity contribution in [3.8, 4) is 11.1 Å². The van der Waals surface area contributed by atoms with Crippen LogP contribution in [0.3, 0.4) is 0 Å². The van der Waals surface area contributed by atoms with Gasteiger partial charge in [0.05, 0.1) is 6.04 Å². The van der Waals surface area contributed by atoms with Crippen molar-refractivity contribution < 1.29 is 33.4 Å². The normalized spacial score (nSPS) is 18.1. The van der Waals surface area contributed by atoms with Gasteiger partial charge < -0.3 is 19.0 Å². The van der Waals surface area contributed by atoms with Gasteiger partial charge >= 0.3 is 6.09 Å². The van der Waals surface area contributed by atoms with E-state index in [1.165, 1.54) is 7.11 Å². The molecule has 0 aliphatic carbocycles. The lowest BCUT2D eigenvalue weighted by atomic mass is 10.0. The van der Waals surface area contributed by atoms with Crippen LogP contribution in [0.1, 0.15) is 53.3 Å². The number of imide groups is 1. The maximum atomic E-state index is 13.5. The van der Waals surface area contributed by atoms with Gasteiger partial charge in [-0.25, -0.2) is 9.69 Å². The fourth-order valence-corrected chi connectivity index (χ4v) is 4.61. The lowest BCUT2D eigenvalue weighted by Gasteiger charge is -2.22. The van der Waals surface area contributed by atoms with Crippen LogP contribution in [0.2, 0.25) is 0 Å². The van der Waals surface area contributed by atoms with Crippen LogP contribution < -0.4 is 0 Å². The first-order valence-corrected chi connectivity index (χ1v) is 12.3. The highest BCUT2D eigenvalue weighted by Crippen LogP contribution is 2.34. The van der Waals surface area contributed by atoms with E-state index in [4.69, 9.17) is 13.9 Å². The summed E-state index contributed by atoms with van der Waals surface area (Å²) in [6.45, 7) is 3.72. The summed E-state index contributed by atoms with van der Waals surface area (Å²) in [5.74, 6) is -0.935. The number of cyclic esters (lactones) is 1. The van der Waals surface area contributed by atoms with Crippen LogP contribution in [0.25, 0.3) is 11.1 Å². The molecule has 4 rings (SSSR count). The molecular formula is C29H31NO7. The van der Waals surface area contributed by atoms with Crippen LogP contribution in [0.4, 0.5) is 4.79 Å². The molecule has 0 bridgehead atoms. The second-order valence-electron chi connectivity index (χ2n) is 9.14. The molecule has 1 aliphatic heterocycles. The highest BCUT2D eigenvalue weighted by molar-refractivity contribution is 6.14. The number of aliphatic hydroxyl groups excluding tert-OH is 1. The number of hydrogen-bond donors (Lipinski definition) is 1. The van der Waals surface area contributed by atoms with Crippen molar-refractivity contribution in [1.29, 1.82) is 0 Å². The van der Waals surface area contributed by atoms with Gasteiger partial charge in [0, 0.05) is 25.7 Å². The Morgan fingerprint density at radius 2 is 1.84 bits per heavy atom. The van der Waals surface area contributed by atoms with Gasteiger partial charge in [-0.3, -0.25) is 9.59 Å². The Balaban J connectivity index is 1.61. The first-order chi connectivity index (χ1) is 17.8. The minimum Gasteiger partial charge on any atom is -0.457 e. The molecule has 3 aromatic rings. The Bertz CT molecular complexity index is 1270. The maximum absolute atomic E-state index is 13.5. The number of aliphatic hydroxyl groups is 1. The summed E-state index contributed by atoms with van der Waals surface area (Å²) >= 11 is 0. The predicted molar refractivity (Wildman–Crippen MR) is 136 cm³/mol. The summed E-state index contributed by atoms with van der Waals surface area (Å²) in [5.41, 5.74) is 3.42. The Morgan fingerprint density at radius 1 is 1.08 bits per heavy atom. The Labute approximate surface area is 215 Å². The summed E-state index contributed by atoms with van der Waals surface area (Å²) < 4.78 is 16.7. The minimum atomic E-state index is -1.58. The number of methoxy groups -OCH3 is 1. The third-order valence-electron chi connectivity index (χ3n) is 6.53. The van der Waals surface area contributed by atoms with Crippen molar-refractivity contribution in [2.24, 2.45) is 0 Å². The number of amides is 2.